The van der Waals surface area contributed by atoms with Crippen LogP contribution in [0.15, 0.2) is 63.5 Å². The first-order valence-electron chi connectivity index (χ1n) is 10.7. The second-order valence-corrected chi connectivity index (χ2v) is 8.78. The molecule has 0 saturated heterocycles. The number of esters is 1. The van der Waals surface area contributed by atoms with Gasteiger partial charge < -0.3 is 14.2 Å². The third-order valence-electron chi connectivity index (χ3n) is 5.61. The van der Waals surface area contributed by atoms with Crippen LogP contribution < -0.4 is 24.4 Å². The van der Waals surface area contributed by atoms with E-state index in [-0.39, 0.29) is 30.2 Å². The van der Waals surface area contributed by atoms with Crippen molar-refractivity contribution < 1.29 is 23.9 Å². The van der Waals surface area contributed by atoms with E-state index >= 15 is 0 Å². The fourth-order valence-corrected chi connectivity index (χ4v) is 5.12. The number of benzene rings is 2. The lowest BCUT2D eigenvalue weighted by molar-refractivity contribution is -0.384. The number of nitro benzene ring substituents is 1. The van der Waals surface area contributed by atoms with Crippen molar-refractivity contribution in [1.29, 1.82) is 0 Å². The standard InChI is InChI=1S/C24H19N3O7S/c1-3-32-23(29)20-13(2)25-24-26(21(20)15-7-8-17-18(11-15)34-12-33-17)22(28)19(35-24)10-14-5-4-6-16(9-14)27(30)31/h4-11,21H,3,12H2,1-2H3. The number of carbonyl (C=O) groups excluding carboxylic acids is 1. The molecule has 2 aromatic carbocycles. The summed E-state index contributed by atoms with van der Waals surface area (Å²) in [4.78, 5) is 42.2. The van der Waals surface area contributed by atoms with Gasteiger partial charge in [-0.3, -0.25) is 19.5 Å². The number of allylic oxidation sites excluding steroid dienone is 1. The molecule has 1 aromatic heterocycles. The molecular formula is C24H19N3O7S. The monoisotopic (exact) mass is 493 g/mol. The van der Waals surface area contributed by atoms with Crippen molar-refractivity contribution in [3.05, 3.63) is 94.7 Å². The highest BCUT2D eigenvalue weighted by atomic mass is 32.1. The van der Waals surface area contributed by atoms with Crippen LogP contribution in [-0.4, -0.2) is 28.9 Å². The average molecular weight is 493 g/mol. The summed E-state index contributed by atoms with van der Waals surface area (Å²) in [5.74, 6) is 0.522. The van der Waals surface area contributed by atoms with Crippen molar-refractivity contribution in [2.75, 3.05) is 13.4 Å². The Balaban J connectivity index is 1.71. The first-order valence-corrected chi connectivity index (χ1v) is 11.5. The normalized spacial score (nSPS) is 16.6. The molecule has 0 amide bonds. The molecule has 0 aliphatic carbocycles. The Morgan fingerprint density at radius 1 is 1.29 bits per heavy atom. The fraction of sp³-hybridized carbons (Fsp3) is 0.208. The van der Waals surface area contributed by atoms with Gasteiger partial charge in [0, 0.05) is 12.1 Å². The molecule has 1 atom stereocenters. The van der Waals surface area contributed by atoms with Crippen LogP contribution in [0.2, 0.25) is 0 Å². The van der Waals surface area contributed by atoms with E-state index < -0.39 is 16.9 Å². The minimum Gasteiger partial charge on any atom is -0.463 e. The van der Waals surface area contributed by atoms with Gasteiger partial charge in [-0.2, -0.15) is 0 Å². The van der Waals surface area contributed by atoms with Crippen molar-refractivity contribution in [1.82, 2.24) is 4.57 Å². The fourth-order valence-electron chi connectivity index (χ4n) is 4.07. The van der Waals surface area contributed by atoms with E-state index in [1.165, 1.54) is 16.7 Å². The summed E-state index contributed by atoms with van der Waals surface area (Å²) >= 11 is 1.14. The number of carbonyl (C=O) groups is 1. The van der Waals surface area contributed by atoms with Crippen molar-refractivity contribution in [3.8, 4) is 11.5 Å². The Kier molecular flexibility index (Phi) is 5.69. The van der Waals surface area contributed by atoms with Gasteiger partial charge in [-0.1, -0.05) is 29.5 Å². The van der Waals surface area contributed by atoms with E-state index in [4.69, 9.17) is 14.2 Å². The molecule has 0 fully saturated rings. The van der Waals surface area contributed by atoms with Crippen molar-refractivity contribution in [3.63, 3.8) is 0 Å². The molecule has 3 aromatic rings. The van der Waals surface area contributed by atoms with Crippen LogP contribution in [0.3, 0.4) is 0 Å². The summed E-state index contributed by atoms with van der Waals surface area (Å²) in [5, 5.41) is 11.1. The van der Waals surface area contributed by atoms with Gasteiger partial charge in [0.25, 0.3) is 11.2 Å². The van der Waals surface area contributed by atoms with E-state index in [0.29, 0.717) is 37.7 Å². The predicted octanol–water partition coefficient (Wildman–Crippen LogP) is 2.44. The van der Waals surface area contributed by atoms with E-state index in [1.54, 1.807) is 50.3 Å². The second-order valence-electron chi connectivity index (χ2n) is 7.77. The Labute approximate surface area is 202 Å². The zero-order valence-corrected chi connectivity index (χ0v) is 19.5. The summed E-state index contributed by atoms with van der Waals surface area (Å²) in [6.45, 7) is 3.66. The lowest BCUT2D eigenvalue weighted by atomic mass is 9.95. The summed E-state index contributed by atoms with van der Waals surface area (Å²) in [7, 11) is 0. The van der Waals surface area contributed by atoms with Crippen LogP contribution in [0.4, 0.5) is 5.69 Å². The van der Waals surface area contributed by atoms with Gasteiger partial charge in [-0.25, -0.2) is 9.79 Å². The number of non-ortho nitro benzene ring substituents is 1. The van der Waals surface area contributed by atoms with Crippen molar-refractivity contribution in [2.45, 2.75) is 19.9 Å². The summed E-state index contributed by atoms with van der Waals surface area (Å²) in [5.41, 5.74) is 1.37. The molecule has 178 valence electrons. The number of ether oxygens (including phenoxy) is 3. The van der Waals surface area contributed by atoms with E-state index in [1.807, 2.05) is 0 Å². The quantitative estimate of drug-likeness (QED) is 0.304. The lowest BCUT2D eigenvalue weighted by Gasteiger charge is -2.24. The highest BCUT2D eigenvalue weighted by Crippen LogP contribution is 2.38. The van der Waals surface area contributed by atoms with Crippen LogP contribution in [0.1, 0.15) is 31.0 Å². The number of rotatable bonds is 5. The number of nitrogens with zero attached hydrogens (tertiary/aromatic N) is 3. The van der Waals surface area contributed by atoms with Gasteiger partial charge in [-0.05, 0) is 43.2 Å². The second kappa shape index (κ2) is 8.84. The topological polar surface area (TPSA) is 122 Å². The van der Waals surface area contributed by atoms with Gasteiger partial charge >= 0.3 is 5.97 Å². The third-order valence-corrected chi connectivity index (χ3v) is 6.59. The maximum Gasteiger partial charge on any atom is 0.338 e. The number of fused-ring (bicyclic) bond motifs is 2. The molecule has 3 heterocycles. The van der Waals surface area contributed by atoms with Gasteiger partial charge in [0.05, 0.1) is 33.4 Å². The SMILES string of the molecule is CCOC(=O)C1=C(C)N=c2sc(=Cc3cccc([N+](=O)[O-])c3)c(=O)n2C1c1ccc2c(c1)OCO2. The molecule has 0 N–H and O–H groups in total. The zero-order chi connectivity index (χ0) is 24.7. The predicted molar refractivity (Wildman–Crippen MR) is 126 cm³/mol. The minimum absolute atomic E-state index is 0.0785. The molecule has 0 radical (unpaired) electrons. The third kappa shape index (κ3) is 3.99. The van der Waals surface area contributed by atoms with Crippen molar-refractivity contribution in [2.24, 2.45) is 4.99 Å². The van der Waals surface area contributed by atoms with Crippen molar-refractivity contribution >= 4 is 29.1 Å². The lowest BCUT2D eigenvalue weighted by Crippen LogP contribution is -2.39. The van der Waals surface area contributed by atoms with Gasteiger partial charge in [0.15, 0.2) is 16.3 Å². The molecule has 5 rings (SSSR count). The molecular weight excluding hydrogens is 474 g/mol. The number of hydrogen-bond donors (Lipinski definition) is 0. The van der Waals surface area contributed by atoms with Crippen LogP contribution in [-0.2, 0) is 9.53 Å². The molecule has 1 unspecified atom stereocenters. The zero-order valence-electron chi connectivity index (χ0n) is 18.7. The summed E-state index contributed by atoms with van der Waals surface area (Å²) in [6.07, 6.45) is 1.58. The van der Waals surface area contributed by atoms with Crippen LogP contribution in [0.5, 0.6) is 11.5 Å². The largest absolute Gasteiger partial charge is 0.463 e. The Morgan fingerprint density at radius 2 is 2.09 bits per heavy atom. The van der Waals surface area contributed by atoms with E-state index in [2.05, 4.69) is 4.99 Å². The van der Waals surface area contributed by atoms with Gasteiger partial charge in [-0.15, -0.1) is 0 Å². The highest BCUT2D eigenvalue weighted by Gasteiger charge is 2.34. The minimum atomic E-state index is -0.799. The Morgan fingerprint density at radius 3 is 2.86 bits per heavy atom. The Bertz CT molecular complexity index is 1590. The van der Waals surface area contributed by atoms with Gasteiger partial charge in [0.1, 0.15) is 0 Å². The summed E-state index contributed by atoms with van der Waals surface area (Å²) in [6, 6.07) is 10.4. The number of hydrogen-bond acceptors (Lipinski definition) is 9. The molecule has 2 aliphatic rings. The average Bonchev–Trinajstić information content (AvgIpc) is 3.42. The smallest absolute Gasteiger partial charge is 0.338 e. The highest BCUT2D eigenvalue weighted by molar-refractivity contribution is 7.07. The van der Waals surface area contributed by atoms with E-state index in [0.717, 1.165) is 11.3 Å². The molecule has 0 spiro atoms. The molecule has 2 aliphatic heterocycles. The van der Waals surface area contributed by atoms with Crippen LogP contribution >= 0.6 is 11.3 Å². The first kappa shape index (κ1) is 22.5. The van der Waals surface area contributed by atoms with Crippen LogP contribution in [0.25, 0.3) is 6.08 Å². The molecule has 10 nitrogen and oxygen atoms in total. The number of thiazole rings is 1. The van der Waals surface area contributed by atoms with E-state index in [9.17, 15) is 19.7 Å². The number of nitro groups is 1. The maximum atomic E-state index is 13.6. The summed E-state index contributed by atoms with van der Waals surface area (Å²) < 4.78 is 18.0. The first-order chi connectivity index (χ1) is 16.9. The number of aromatic nitrogens is 1. The molecule has 0 saturated carbocycles. The maximum absolute atomic E-state index is 13.6. The molecule has 35 heavy (non-hydrogen) atoms. The molecule has 0 bridgehead atoms. The van der Waals surface area contributed by atoms with Gasteiger partial charge in [0.2, 0.25) is 6.79 Å². The van der Waals surface area contributed by atoms with Crippen LogP contribution in [0, 0.1) is 10.1 Å². The molecule has 11 heteroatoms. The Hall–Kier alpha value is -4.25.